The van der Waals surface area contributed by atoms with Crippen LogP contribution in [0.5, 0.6) is 5.75 Å². The SMILES string of the molecule is CCNC(=O)[C@@H](Cc1ccccc1)N(Cc1ccccc1Cl)C(=O)CN(c1ccc(OC)cc1)S(C)(=O)=O. The highest BCUT2D eigenvalue weighted by molar-refractivity contribution is 7.92. The number of carbonyl (C=O) groups excluding carboxylic acids is 2. The number of anilines is 1. The van der Waals surface area contributed by atoms with Crippen LogP contribution in [-0.4, -0.2) is 57.6 Å². The average molecular weight is 558 g/mol. The quantitative estimate of drug-likeness (QED) is 0.364. The van der Waals surface area contributed by atoms with Crippen molar-refractivity contribution in [1.29, 1.82) is 0 Å². The average Bonchev–Trinajstić information content (AvgIpc) is 2.90. The van der Waals surface area contributed by atoms with Crippen LogP contribution in [0.2, 0.25) is 5.02 Å². The van der Waals surface area contributed by atoms with Gasteiger partial charge in [0.05, 0.1) is 19.1 Å². The first kappa shape index (κ1) is 29.0. The molecule has 3 aromatic rings. The monoisotopic (exact) mass is 557 g/mol. The summed E-state index contributed by atoms with van der Waals surface area (Å²) in [6.45, 7) is 1.69. The van der Waals surface area contributed by atoms with Crippen LogP contribution in [-0.2, 0) is 32.6 Å². The third-order valence-electron chi connectivity index (χ3n) is 5.96. The Morgan fingerprint density at radius 2 is 1.61 bits per heavy atom. The summed E-state index contributed by atoms with van der Waals surface area (Å²) in [4.78, 5) is 28.6. The lowest BCUT2D eigenvalue weighted by atomic mass is 10.0. The zero-order valence-corrected chi connectivity index (χ0v) is 23.2. The fraction of sp³-hybridized carbons (Fsp3) is 0.286. The van der Waals surface area contributed by atoms with E-state index in [0.29, 0.717) is 28.6 Å². The molecule has 0 unspecified atom stereocenters. The van der Waals surface area contributed by atoms with Gasteiger partial charge in [0.2, 0.25) is 21.8 Å². The molecule has 0 aliphatic heterocycles. The fourth-order valence-electron chi connectivity index (χ4n) is 4.02. The van der Waals surface area contributed by atoms with E-state index < -0.39 is 28.5 Å². The van der Waals surface area contributed by atoms with Crippen LogP contribution in [0.25, 0.3) is 0 Å². The molecule has 202 valence electrons. The van der Waals surface area contributed by atoms with Crippen molar-refractivity contribution in [2.75, 3.05) is 30.8 Å². The Morgan fingerprint density at radius 1 is 0.974 bits per heavy atom. The molecule has 0 heterocycles. The molecular weight excluding hydrogens is 526 g/mol. The molecule has 0 radical (unpaired) electrons. The van der Waals surface area contributed by atoms with Crippen molar-refractivity contribution in [1.82, 2.24) is 10.2 Å². The van der Waals surface area contributed by atoms with Crippen LogP contribution < -0.4 is 14.4 Å². The minimum atomic E-state index is -3.84. The smallest absolute Gasteiger partial charge is 0.244 e. The Morgan fingerprint density at radius 3 is 2.18 bits per heavy atom. The lowest BCUT2D eigenvalue weighted by molar-refractivity contribution is -0.140. The maximum absolute atomic E-state index is 13.9. The number of ether oxygens (including phenoxy) is 1. The highest BCUT2D eigenvalue weighted by Gasteiger charge is 2.33. The van der Waals surface area contributed by atoms with Gasteiger partial charge >= 0.3 is 0 Å². The molecule has 38 heavy (non-hydrogen) atoms. The topological polar surface area (TPSA) is 96.0 Å². The van der Waals surface area contributed by atoms with Gasteiger partial charge in [-0.15, -0.1) is 0 Å². The number of nitrogens with zero attached hydrogens (tertiary/aromatic N) is 2. The number of benzene rings is 3. The van der Waals surface area contributed by atoms with Crippen LogP contribution in [0.1, 0.15) is 18.1 Å². The number of nitrogens with one attached hydrogen (secondary N) is 1. The number of rotatable bonds is 12. The highest BCUT2D eigenvalue weighted by Crippen LogP contribution is 2.24. The Balaban J connectivity index is 2.03. The maximum atomic E-state index is 13.9. The van der Waals surface area contributed by atoms with Gasteiger partial charge in [-0.1, -0.05) is 60.1 Å². The second-order valence-corrected chi connectivity index (χ2v) is 11.0. The van der Waals surface area contributed by atoms with Crippen LogP contribution >= 0.6 is 11.6 Å². The predicted molar refractivity (Wildman–Crippen MR) is 150 cm³/mol. The van der Waals surface area contributed by atoms with Crippen molar-refractivity contribution in [2.24, 2.45) is 0 Å². The molecule has 10 heteroatoms. The molecule has 3 aromatic carbocycles. The van der Waals surface area contributed by atoms with Crippen molar-refractivity contribution < 1.29 is 22.7 Å². The molecule has 8 nitrogen and oxygen atoms in total. The normalized spacial score (nSPS) is 11.9. The highest BCUT2D eigenvalue weighted by atomic mass is 35.5. The van der Waals surface area contributed by atoms with Crippen molar-refractivity contribution in [3.63, 3.8) is 0 Å². The molecule has 0 saturated heterocycles. The first-order chi connectivity index (χ1) is 18.1. The molecule has 1 atom stereocenters. The molecular formula is C28H32ClN3O5S. The summed E-state index contributed by atoms with van der Waals surface area (Å²) in [6.07, 6.45) is 1.28. The van der Waals surface area contributed by atoms with E-state index in [1.165, 1.54) is 12.0 Å². The Kier molecular flexibility index (Phi) is 10.2. The van der Waals surface area contributed by atoms with Crippen LogP contribution in [0.3, 0.4) is 0 Å². The number of sulfonamides is 1. The van der Waals surface area contributed by atoms with Gasteiger partial charge < -0.3 is 15.0 Å². The van der Waals surface area contributed by atoms with Gasteiger partial charge in [0.1, 0.15) is 18.3 Å². The Labute approximate surface area is 229 Å². The van der Waals surface area contributed by atoms with Crippen molar-refractivity contribution >= 4 is 39.1 Å². The van der Waals surface area contributed by atoms with E-state index in [-0.39, 0.29) is 18.9 Å². The van der Waals surface area contributed by atoms with Crippen molar-refractivity contribution in [3.8, 4) is 5.75 Å². The lowest BCUT2D eigenvalue weighted by Crippen LogP contribution is -2.53. The first-order valence-corrected chi connectivity index (χ1v) is 14.3. The lowest BCUT2D eigenvalue weighted by Gasteiger charge is -2.33. The van der Waals surface area contributed by atoms with E-state index in [9.17, 15) is 18.0 Å². The molecule has 1 N–H and O–H groups in total. The maximum Gasteiger partial charge on any atom is 0.244 e. The van der Waals surface area contributed by atoms with Crippen molar-refractivity contribution in [3.05, 3.63) is 95.0 Å². The van der Waals surface area contributed by atoms with E-state index >= 15 is 0 Å². The Hall–Kier alpha value is -3.56. The zero-order chi connectivity index (χ0) is 27.7. The Bertz CT molecular complexity index is 1330. The summed E-state index contributed by atoms with van der Waals surface area (Å²) >= 11 is 6.42. The molecule has 2 amide bonds. The third kappa shape index (κ3) is 7.72. The van der Waals surface area contributed by atoms with Gasteiger partial charge in [0.25, 0.3) is 0 Å². The molecule has 0 aliphatic rings. The van der Waals surface area contributed by atoms with E-state index in [1.54, 1.807) is 55.5 Å². The molecule has 0 aromatic heterocycles. The van der Waals surface area contributed by atoms with Crippen LogP contribution in [0, 0.1) is 0 Å². The van der Waals surface area contributed by atoms with Gasteiger partial charge in [-0.2, -0.15) is 0 Å². The summed E-state index contributed by atoms with van der Waals surface area (Å²) in [5, 5.41) is 3.26. The van der Waals surface area contributed by atoms with Gasteiger partial charge in [0.15, 0.2) is 0 Å². The molecule has 0 aliphatic carbocycles. The number of halogens is 1. The fourth-order valence-corrected chi connectivity index (χ4v) is 5.06. The number of methoxy groups -OCH3 is 1. The molecule has 0 saturated carbocycles. The van der Waals surface area contributed by atoms with Gasteiger partial charge in [-0.3, -0.25) is 13.9 Å². The molecule has 0 bridgehead atoms. The second kappa shape index (κ2) is 13.3. The minimum Gasteiger partial charge on any atom is -0.497 e. The van der Waals surface area contributed by atoms with Crippen LogP contribution in [0.15, 0.2) is 78.9 Å². The van der Waals surface area contributed by atoms with E-state index in [2.05, 4.69) is 5.32 Å². The van der Waals surface area contributed by atoms with Crippen molar-refractivity contribution in [2.45, 2.75) is 25.9 Å². The standard InChI is InChI=1S/C28H32ClN3O5S/c1-4-30-28(34)26(18-21-10-6-5-7-11-21)31(19-22-12-8-9-13-25(22)29)27(33)20-32(38(3,35)36)23-14-16-24(37-2)17-15-23/h5-17,26H,4,18-20H2,1-3H3,(H,30,34)/t26-/m1/s1. The summed E-state index contributed by atoms with van der Waals surface area (Å²) < 4.78 is 31.7. The number of amides is 2. The van der Waals surface area contributed by atoms with E-state index in [0.717, 1.165) is 16.1 Å². The number of hydrogen-bond donors (Lipinski definition) is 1. The molecule has 3 rings (SSSR count). The minimum absolute atomic E-state index is 0.0212. The summed E-state index contributed by atoms with van der Waals surface area (Å²) in [7, 11) is -2.34. The number of carbonyl (C=O) groups is 2. The number of hydrogen-bond acceptors (Lipinski definition) is 5. The van der Waals surface area contributed by atoms with Gasteiger partial charge in [0, 0.05) is 24.5 Å². The van der Waals surface area contributed by atoms with Gasteiger partial charge in [-0.25, -0.2) is 8.42 Å². The van der Waals surface area contributed by atoms with Crippen LogP contribution in [0.4, 0.5) is 5.69 Å². The summed E-state index contributed by atoms with van der Waals surface area (Å²) in [5.41, 5.74) is 1.80. The van der Waals surface area contributed by atoms with E-state index in [1.807, 2.05) is 30.3 Å². The largest absolute Gasteiger partial charge is 0.497 e. The number of likely N-dealkylation sites (N-methyl/N-ethyl adjacent to an activating group) is 1. The third-order valence-corrected chi connectivity index (χ3v) is 7.47. The first-order valence-electron chi connectivity index (χ1n) is 12.1. The van der Waals surface area contributed by atoms with E-state index in [4.69, 9.17) is 16.3 Å². The molecule has 0 fully saturated rings. The second-order valence-electron chi connectivity index (χ2n) is 8.68. The zero-order valence-electron chi connectivity index (χ0n) is 21.6. The summed E-state index contributed by atoms with van der Waals surface area (Å²) in [6, 6.07) is 21.9. The molecule has 0 spiro atoms. The predicted octanol–water partition coefficient (Wildman–Crippen LogP) is 3.89. The summed E-state index contributed by atoms with van der Waals surface area (Å²) in [5.74, 6) is -0.335. The van der Waals surface area contributed by atoms with Gasteiger partial charge in [-0.05, 0) is 48.4 Å².